The van der Waals surface area contributed by atoms with Crippen molar-refractivity contribution in [2.24, 2.45) is 0 Å². The van der Waals surface area contributed by atoms with Crippen LogP contribution in [0.3, 0.4) is 0 Å². The molecule has 1 saturated heterocycles. The molecule has 0 spiro atoms. The summed E-state index contributed by atoms with van der Waals surface area (Å²) in [5, 5.41) is 3.36. The fourth-order valence-electron chi connectivity index (χ4n) is 0.625. The molecular formula is C5H9NOS. The van der Waals surface area contributed by atoms with Crippen LogP contribution in [0.5, 0.6) is 0 Å². The van der Waals surface area contributed by atoms with Crippen molar-refractivity contribution < 1.29 is 4.79 Å². The molecule has 1 atom stereocenters. The second kappa shape index (κ2) is 2.97. The van der Waals surface area contributed by atoms with Gasteiger partial charge in [-0.25, -0.2) is 0 Å². The molecule has 46 valence electrons. The first-order chi connectivity index (χ1) is 3.93. The Morgan fingerprint density at radius 3 is 3.00 bits per heavy atom. The van der Waals surface area contributed by atoms with E-state index < -0.39 is 0 Å². The molecule has 0 aromatic heterocycles. The van der Waals surface area contributed by atoms with Gasteiger partial charge in [-0.3, -0.25) is 4.79 Å². The Balaban J connectivity index is 1.93. The number of amides is 1. The average molecular weight is 131 g/mol. The van der Waals surface area contributed by atoms with Crippen molar-refractivity contribution in [1.82, 2.24) is 5.32 Å². The van der Waals surface area contributed by atoms with Crippen LogP contribution in [0.15, 0.2) is 0 Å². The molecule has 1 unspecified atom stereocenters. The molecule has 3 heteroatoms. The second-order valence-electron chi connectivity index (χ2n) is 1.81. The van der Waals surface area contributed by atoms with Crippen molar-refractivity contribution in [3.63, 3.8) is 0 Å². The van der Waals surface area contributed by atoms with Gasteiger partial charge in [-0.15, -0.1) is 0 Å². The van der Waals surface area contributed by atoms with E-state index in [0.29, 0.717) is 5.25 Å². The van der Waals surface area contributed by atoms with Crippen molar-refractivity contribution in [2.75, 3.05) is 12.3 Å². The number of hydrogen-bond donors (Lipinski definition) is 1. The predicted octanol–water partition coefficient (Wildman–Crippen LogP) is 0.238. The summed E-state index contributed by atoms with van der Waals surface area (Å²) < 4.78 is 0. The van der Waals surface area contributed by atoms with E-state index in [1.165, 1.54) is 12.2 Å². The van der Waals surface area contributed by atoms with Crippen LogP contribution in [0.1, 0.15) is 6.42 Å². The Hall–Kier alpha value is -0.180. The zero-order valence-electron chi connectivity index (χ0n) is 4.59. The molecule has 0 bridgehead atoms. The molecule has 1 aliphatic rings. The van der Waals surface area contributed by atoms with Gasteiger partial charge in [-0.1, -0.05) is 0 Å². The first-order valence-electron chi connectivity index (χ1n) is 2.72. The van der Waals surface area contributed by atoms with Crippen LogP contribution in [0, 0.1) is 0 Å². The van der Waals surface area contributed by atoms with E-state index in [-0.39, 0.29) is 0 Å². The van der Waals surface area contributed by atoms with Crippen molar-refractivity contribution in [3.8, 4) is 0 Å². The lowest BCUT2D eigenvalue weighted by Gasteiger charge is -2.23. The van der Waals surface area contributed by atoms with E-state index in [1.54, 1.807) is 0 Å². The van der Waals surface area contributed by atoms with Crippen LogP contribution in [0.2, 0.25) is 0 Å². The van der Waals surface area contributed by atoms with Crippen molar-refractivity contribution in [3.05, 3.63) is 0 Å². The average Bonchev–Trinajstić information content (AvgIpc) is 1.63. The Morgan fingerprint density at radius 2 is 2.62 bits per heavy atom. The van der Waals surface area contributed by atoms with Gasteiger partial charge in [0.05, 0.1) is 0 Å². The Bertz CT molecular complexity index is 82.5. The van der Waals surface area contributed by atoms with Crippen LogP contribution < -0.4 is 5.32 Å². The number of nitrogens with one attached hydrogen (secondary N) is 1. The van der Waals surface area contributed by atoms with Gasteiger partial charge in [-0.2, -0.15) is 11.8 Å². The molecule has 0 aromatic rings. The highest BCUT2D eigenvalue weighted by molar-refractivity contribution is 8.01. The molecule has 2 nitrogen and oxygen atoms in total. The summed E-state index contributed by atoms with van der Waals surface area (Å²) in [5.41, 5.74) is 0. The van der Waals surface area contributed by atoms with Gasteiger partial charge in [-0.05, 0) is 12.2 Å². The minimum Gasteiger partial charge on any atom is -0.358 e. The van der Waals surface area contributed by atoms with Gasteiger partial charge >= 0.3 is 0 Å². The van der Waals surface area contributed by atoms with Gasteiger partial charge < -0.3 is 5.32 Å². The molecule has 8 heavy (non-hydrogen) atoms. The molecule has 1 heterocycles. The highest BCUT2D eigenvalue weighted by atomic mass is 32.2. The number of thioether (sulfide) groups is 1. The lowest BCUT2D eigenvalue weighted by Crippen LogP contribution is -2.29. The molecule has 0 aromatic carbocycles. The lowest BCUT2D eigenvalue weighted by molar-refractivity contribution is -0.109. The zero-order valence-corrected chi connectivity index (χ0v) is 5.41. The monoisotopic (exact) mass is 131 g/mol. The van der Waals surface area contributed by atoms with Crippen molar-refractivity contribution in [1.29, 1.82) is 0 Å². The van der Waals surface area contributed by atoms with E-state index in [2.05, 4.69) is 5.32 Å². The Kier molecular flexibility index (Phi) is 2.21. The van der Waals surface area contributed by atoms with Crippen LogP contribution in [-0.2, 0) is 4.79 Å². The maximum atomic E-state index is 9.73. The summed E-state index contributed by atoms with van der Waals surface area (Å²) >= 11 is 1.92. The van der Waals surface area contributed by atoms with E-state index in [9.17, 15) is 4.79 Å². The smallest absolute Gasteiger partial charge is 0.207 e. The number of rotatable bonds is 3. The molecule has 0 aliphatic carbocycles. The maximum absolute atomic E-state index is 9.73. The van der Waals surface area contributed by atoms with Crippen LogP contribution in [0.4, 0.5) is 0 Å². The van der Waals surface area contributed by atoms with Crippen LogP contribution >= 0.6 is 11.8 Å². The van der Waals surface area contributed by atoms with Gasteiger partial charge in [0.25, 0.3) is 0 Å². The minimum atomic E-state index is 0.709. The highest BCUT2D eigenvalue weighted by Gasteiger charge is 2.16. The van der Waals surface area contributed by atoms with Crippen molar-refractivity contribution in [2.45, 2.75) is 11.7 Å². The summed E-state index contributed by atoms with van der Waals surface area (Å²) in [6.45, 7) is 0.855. The van der Waals surface area contributed by atoms with E-state index in [1.807, 2.05) is 11.8 Å². The summed E-state index contributed by atoms with van der Waals surface area (Å²) in [5.74, 6) is 1.27. The zero-order chi connectivity index (χ0) is 5.82. The van der Waals surface area contributed by atoms with Crippen LogP contribution in [-0.4, -0.2) is 24.0 Å². The molecule has 1 aliphatic heterocycles. The third kappa shape index (κ3) is 1.40. The van der Waals surface area contributed by atoms with E-state index >= 15 is 0 Å². The van der Waals surface area contributed by atoms with Crippen molar-refractivity contribution >= 4 is 18.2 Å². The Morgan fingerprint density at radius 1 is 1.88 bits per heavy atom. The molecule has 0 radical (unpaired) electrons. The number of carbonyl (C=O) groups is 1. The molecule has 1 fully saturated rings. The minimum absolute atomic E-state index is 0.709. The largest absolute Gasteiger partial charge is 0.358 e. The summed E-state index contributed by atoms with van der Waals surface area (Å²) in [6.07, 6.45) is 2.03. The first-order valence-corrected chi connectivity index (χ1v) is 3.77. The van der Waals surface area contributed by atoms with Gasteiger partial charge in [0.15, 0.2) is 0 Å². The third-order valence-electron chi connectivity index (χ3n) is 1.22. The number of carbonyl (C=O) groups excluding carboxylic acids is 1. The lowest BCUT2D eigenvalue weighted by atomic mass is 10.3. The van der Waals surface area contributed by atoms with Gasteiger partial charge in [0.1, 0.15) is 0 Å². The van der Waals surface area contributed by atoms with Crippen LogP contribution in [0.25, 0.3) is 0 Å². The first kappa shape index (κ1) is 5.95. The molecule has 1 rings (SSSR count). The fourth-order valence-corrected chi connectivity index (χ4v) is 1.41. The quantitative estimate of drug-likeness (QED) is 0.556. The van der Waals surface area contributed by atoms with E-state index in [4.69, 9.17) is 0 Å². The third-order valence-corrected chi connectivity index (χ3v) is 2.57. The maximum Gasteiger partial charge on any atom is 0.207 e. The standard InChI is InChI=1S/C5H9NOS/c7-4-6-3-5-1-2-8-5/h4-5H,1-3H2,(H,6,7). The van der Waals surface area contributed by atoms with E-state index in [0.717, 1.165) is 13.0 Å². The van der Waals surface area contributed by atoms with Gasteiger partial charge in [0, 0.05) is 11.8 Å². The number of hydrogen-bond acceptors (Lipinski definition) is 2. The second-order valence-corrected chi connectivity index (χ2v) is 3.22. The topological polar surface area (TPSA) is 29.1 Å². The Labute approximate surface area is 53.0 Å². The highest BCUT2D eigenvalue weighted by Crippen LogP contribution is 2.26. The fraction of sp³-hybridized carbons (Fsp3) is 0.800. The summed E-state index contributed by atoms with van der Waals surface area (Å²) in [4.78, 5) is 9.73. The predicted molar refractivity (Wildman–Crippen MR) is 34.9 cm³/mol. The normalized spacial score (nSPS) is 26.2. The molecule has 1 amide bonds. The van der Waals surface area contributed by atoms with Gasteiger partial charge in [0.2, 0.25) is 6.41 Å². The summed E-state index contributed by atoms with van der Waals surface area (Å²) in [6, 6.07) is 0. The molecule has 1 N–H and O–H groups in total. The molecular weight excluding hydrogens is 122 g/mol. The molecule has 0 saturated carbocycles. The SMILES string of the molecule is O=CNCC1CCS1. The summed E-state index contributed by atoms with van der Waals surface area (Å²) in [7, 11) is 0.